The predicted octanol–water partition coefficient (Wildman–Crippen LogP) is 4.60. The van der Waals surface area contributed by atoms with Gasteiger partial charge in [0.2, 0.25) is 0 Å². The lowest BCUT2D eigenvalue weighted by Gasteiger charge is -2.02. The van der Waals surface area contributed by atoms with Gasteiger partial charge in [-0.1, -0.05) is 41.4 Å². The average Bonchev–Trinajstić information content (AvgIpc) is 2.66. The number of H-pyrrole nitrogens is 1. The van der Waals surface area contributed by atoms with Crippen LogP contribution in [0.4, 0.5) is 5.69 Å². The number of aromatic nitrogens is 1. The van der Waals surface area contributed by atoms with Crippen molar-refractivity contribution in [3.8, 4) is 0 Å². The highest BCUT2D eigenvalue weighted by Crippen LogP contribution is 2.25. The van der Waals surface area contributed by atoms with Crippen LogP contribution in [0.15, 0.2) is 53.3 Å². The number of allylic oxidation sites excluding steroid dienone is 1. The molecule has 146 valence electrons. The van der Waals surface area contributed by atoms with Crippen LogP contribution < -0.4 is 5.56 Å². The number of pyridine rings is 1. The molecule has 0 atom stereocenters. The maximum Gasteiger partial charge on any atom is 0.288 e. The van der Waals surface area contributed by atoms with E-state index in [2.05, 4.69) is 4.98 Å². The Hall–Kier alpha value is -3.29. The zero-order chi connectivity index (χ0) is 21.1. The molecule has 9 heteroatoms. The minimum absolute atomic E-state index is 0.0227. The minimum atomic E-state index is -0.639. The van der Waals surface area contributed by atoms with E-state index in [1.54, 1.807) is 18.2 Å². The monoisotopic (exact) mass is 430 g/mol. The third-order valence-corrected chi connectivity index (χ3v) is 4.63. The summed E-state index contributed by atoms with van der Waals surface area (Å²) < 4.78 is 0. The quantitative estimate of drug-likeness (QED) is 0.202. The number of hydrogen-bond donors (Lipinski definition) is 1. The van der Waals surface area contributed by atoms with Crippen LogP contribution in [0.1, 0.15) is 22.3 Å². The Morgan fingerprint density at radius 3 is 2.59 bits per heavy atom. The molecule has 29 heavy (non-hydrogen) atoms. The smallest absolute Gasteiger partial charge is 0.288 e. The summed E-state index contributed by atoms with van der Waals surface area (Å²) >= 11 is 11.6. The summed E-state index contributed by atoms with van der Waals surface area (Å²) in [5.41, 5.74) is -0.185. The van der Waals surface area contributed by atoms with Crippen molar-refractivity contribution >= 4 is 57.4 Å². The number of nitrogens with one attached hydrogen (secondary N) is 1. The van der Waals surface area contributed by atoms with Crippen LogP contribution in [0.5, 0.6) is 0 Å². The van der Waals surface area contributed by atoms with Crippen LogP contribution >= 0.6 is 23.2 Å². The first-order chi connectivity index (χ1) is 13.7. The van der Waals surface area contributed by atoms with Crippen molar-refractivity contribution in [3.05, 3.63) is 90.2 Å². The van der Waals surface area contributed by atoms with Gasteiger partial charge in [-0.15, -0.1) is 0 Å². The molecule has 0 amide bonds. The summed E-state index contributed by atoms with van der Waals surface area (Å²) in [7, 11) is 0. The van der Waals surface area contributed by atoms with Gasteiger partial charge >= 0.3 is 0 Å². The van der Waals surface area contributed by atoms with E-state index in [-0.39, 0.29) is 16.3 Å². The van der Waals surface area contributed by atoms with Crippen molar-refractivity contribution in [1.29, 1.82) is 0 Å². The minimum Gasteiger partial charge on any atom is -0.321 e. The predicted molar refractivity (Wildman–Crippen MR) is 111 cm³/mol. The number of hydrogen-bond acceptors (Lipinski definition) is 5. The van der Waals surface area contributed by atoms with Gasteiger partial charge in [0.25, 0.3) is 11.2 Å². The zero-order valence-corrected chi connectivity index (χ0v) is 16.2. The molecular weight excluding hydrogens is 419 g/mol. The highest BCUT2D eigenvalue weighted by Gasteiger charge is 2.15. The molecule has 1 aromatic heterocycles. The van der Waals surface area contributed by atoms with E-state index in [0.29, 0.717) is 21.5 Å². The Labute approximate surface area is 173 Å². The van der Waals surface area contributed by atoms with E-state index >= 15 is 0 Å². The van der Waals surface area contributed by atoms with Gasteiger partial charge in [-0.05, 0) is 41.3 Å². The number of aromatic amines is 1. The number of carbonyl (C=O) groups excluding carboxylic acids is 2. The van der Waals surface area contributed by atoms with Crippen LogP contribution in [-0.4, -0.2) is 21.5 Å². The van der Waals surface area contributed by atoms with Gasteiger partial charge < -0.3 is 4.98 Å². The second kappa shape index (κ2) is 8.38. The van der Waals surface area contributed by atoms with Crippen LogP contribution in [0.3, 0.4) is 0 Å². The van der Waals surface area contributed by atoms with Crippen molar-refractivity contribution in [2.75, 3.05) is 0 Å². The molecule has 0 aliphatic heterocycles. The van der Waals surface area contributed by atoms with Gasteiger partial charge in [-0.3, -0.25) is 24.5 Å². The summed E-state index contributed by atoms with van der Waals surface area (Å²) in [6, 6.07) is 10.3. The number of nitro groups is 1. The Bertz CT molecular complexity index is 1250. The first-order valence-corrected chi connectivity index (χ1v) is 9.01. The zero-order valence-electron chi connectivity index (χ0n) is 14.6. The molecule has 0 saturated heterocycles. The molecule has 0 aliphatic rings. The van der Waals surface area contributed by atoms with Crippen LogP contribution in [0, 0.1) is 10.1 Å². The lowest BCUT2D eigenvalue weighted by atomic mass is 10.0. The van der Waals surface area contributed by atoms with E-state index in [0.717, 1.165) is 6.08 Å². The standard InChI is InChI=1S/C20H12Cl2N2O5/c21-13-4-3-12-8-15(20(27)23-17(12)9-13)19(26)10-14(25)5-1-11-2-6-16(22)18(7-11)24(28)29/h1-9H,10H2,(H,23,27). The van der Waals surface area contributed by atoms with Gasteiger partial charge in [-0.25, -0.2) is 0 Å². The van der Waals surface area contributed by atoms with E-state index in [1.165, 1.54) is 30.3 Å². The Balaban J connectivity index is 1.77. The molecule has 7 nitrogen and oxygen atoms in total. The third-order valence-electron chi connectivity index (χ3n) is 4.07. The van der Waals surface area contributed by atoms with Crippen molar-refractivity contribution in [1.82, 2.24) is 4.98 Å². The molecule has 3 rings (SSSR count). The number of ketones is 2. The Morgan fingerprint density at radius 1 is 1.10 bits per heavy atom. The molecule has 2 aromatic carbocycles. The topological polar surface area (TPSA) is 110 Å². The van der Waals surface area contributed by atoms with Crippen molar-refractivity contribution in [2.24, 2.45) is 0 Å². The lowest BCUT2D eigenvalue weighted by Crippen LogP contribution is -2.19. The Kier molecular flexibility index (Phi) is 5.91. The van der Waals surface area contributed by atoms with Crippen LogP contribution in [0.2, 0.25) is 10.0 Å². The molecule has 0 bridgehead atoms. The molecule has 0 aliphatic carbocycles. The second-order valence-corrected chi connectivity index (χ2v) is 6.95. The molecule has 0 saturated carbocycles. The fourth-order valence-electron chi connectivity index (χ4n) is 2.66. The highest BCUT2D eigenvalue weighted by molar-refractivity contribution is 6.32. The molecule has 0 unspecified atom stereocenters. The lowest BCUT2D eigenvalue weighted by molar-refractivity contribution is -0.384. The number of Topliss-reactive ketones (excluding diaryl/α,β-unsaturated/α-hetero) is 1. The maximum absolute atomic E-state index is 12.4. The van der Waals surface area contributed by atoms with E-state index < -0.39 is 28.5 Å². The number of fused-ring (bicyclic) bond motifs is 1. The highest BCUT2D eigenvalue weighted by atomic mass is 35.5. The largest absolute Gasteiger partial charge is 0.321 e. The van der Waals surface area contributed by atoms with Gasteiger partial charge in [-0.2, -0.15) is 0 Å². The van der Waals surface area contributed by atoms with Crippen molar-refractivity contribution < 1.29 is 14.5 Å². The molecule has 3 aromatic rings. The maximum atomic E-state index is 12.4. The normalized spacial score (nSPS) is 11.1. The van der Waals surface area contributed by atoms with E-state index in [1.807, 2.05) is 0 Å². The summed E-state index contributed by atoms with van der Waals surface area (Å²) in [6.45, 7) is 0. The molecule has 1 heterocycles. The van der Waals surface area contributed by atoms with E-state index in [9.17, 15) is 24.5 Å². The number of carbonyl (C=O) groups is 2. The Morgan fingerprint density at radius 2 is 1.86 bits per heavy atom. The van der Waals surface area contributed by atoms with Gasteiger partial charge in [0.05, 0.1) is 16.9 Å². The number of halogens is 2. The summed E-state index contributed by atoms with van der Waals surface area (Å²) in [5, 5.41) is 11.9. The molecular formula is C20H12Cl2N2O5. The molecule has 0 spiro atoms. The van der Waals surface area contributed by atoms with Gasteiger partial charge in [0.1, 0.15) is 5.02 Å². The number of benzene rings is 2. The van der Waals surface area contributed by atoms with Crippen LogP contribution in [-0.2, 0) is 4.79 Å². The summed E-state index contributed by atoms with van der Waals surface area (Å²) in [6.07, 6.45) is 1.94. The number of nitro benzene ring substituents is 1. The van der Waals surface area contributed by atoms with Gasteiger partial charge in [0.15, 0.2) is 11.6 Å². The fraction of sp³-hybridized carbons (Fsp3) is 0.0500. The molecule has 0 fully saturated rings. The summed E-state index contributed by atoms with van der Waals surface area (Å²) in [4.78, 5) is 49.5. The number of rotatable bonds is 6. The first-order valence-electron chi connectivity index (χ1n) is 8.25. The molecule has 0 radical (unpaired) electrons. The second-order valence-electron chi connectivity index (χ2n) is 6.11. The van der Waals surface area contributed by atoms with Crippen LogP contribution in [0.25, 0.3) is 17.0 Å². The SMILES string of the molecule is O=C(C=Cc1ccc(Cl)c([N+](=O)[O-])c1)CC(=O)c1cc2ccc(Cl)cc2[nH]c1=O. The third kappa shape index (κ3) is 4.77. The number of nitrogens with zero attached hydrogens (tertiary/aromatic N) is 1. The van der Waals surface area contributed by atoms with E-state index in [4.69, 9.17) is 23.2 Å². The van der Waals surface area contributed by atoms with Gasteiger partial charge in [0, 0.05) is 16.6 Å². The fourth-order valence-corrected chi connectivity index (χ4v) is 3.01. The average molecular weight is 431 g/mol. The van der Waals surface area contributed by atoms with Crippen molar-refractivity contribution in [2.45, 2.75) is 6.42 Å². The molecule has 1 N–H and O–H groups in total. The van der Waals surface area contributed by atoms with Crippen molar-refractivity contribution in [3.63, 3.8) is 0 Å². The first kappa shape index (κ1) is 20.4. The summed E-state index contributed by atoms with van der Waals surface area (Å²) in [5.74, 6) is -1.19.